The van der Waals surface area contributed by atoms with Crippen LogP contribution in [0.4, 0.5) is 17.1 Å². The molecule has 114 valence electrons. The maximum Gasteiger partial charge on any atom is 0.292 e. The molecule has 6 nitrogen and oxygen atoms in total. The summed E-state index contributed by atoms with van der Waals surface area (Å²) in [7, 11) is 0. The summed E-state index contributed by atoms with van der Waals surface area (Å²) in [6, 6.07) is 3.14. The molecule has 6 heteroatoms. The molecule has 0 saturated heterocycles. The van der Waals surface area contributed by atoms with Crippen LogP contribution in [0.5, 0.6) is 0 Å². The van der Waals surface area contributed by atoms with E-state index in [1.807, 2.05) is 0 Å². The van der Waals surface area contributed by atoms with E-state index in [1.165, 1.54) is 6.07 Å². The largest absolute Gasteiger partial charge is 0.379 e. The molecule has 0 aromatic heterocycles. The summed E-state index contributed by atoms with van der Waals surface area (Å²) in [6.45, 7) is 9.15. The Kier molecular flexibility index (Phi) is 3.89. The zero-order valence-electron chi connectivity index (χ0n) is 12.8. The van der Waals surface area contributed by atoms with E-state index in [1.54, 1.807) is 6.07 Å². The number of amides is 1. The number of carbonyl (C=O) groups excluding carboxylic acids is 1. The topological polar surface area (TPSA) is 84.3 Å². The molecule has 0 fully saturated rings. The number of fused-ring (bicyclic) bond motifs is 1. The first-order chi connectivity index (χ1) is 9.68. The minimum atomic E-state index is -0.410. The quantitative estimate of drug-likeness (QED) is 0.659. The highest BCUT2D eigenvalue weighted by Crippen LogP contribution is 2.35. The lowest BCUT2D eigenvalue weighted by Gasteiger charge is -2.27. The predicted octanol–water partition coefficient (Wildman–Crippen LogP) is 3.18. The van der Waals surface area contributed by atoms with Crippen molar-refractivity contribution in [2.75, 3.05) is 17.2 Å². The fourth-order valence-electron chi connectivity index (χ4n) is 2.12. The number of carbonyl (C=O) groups is 1. The van der Waals surface area contributed by atoms with E-state index >= 15 is 0 Å². The second-order valence-corrected chi connectivity index (χ2v) is 6.66. The number of nitrogens with one attached hydrogen (secondary N) is 2. The lowest BCUT2D eigenvalue weighted by Crippen LogP contribution is -2.25. The number of nitro benzene ring substituents is 1. The Morgan fingerprint density at radius 1 is 1.43 bits per heavy atom. The number of nitro groups is 1. The molecule has 1 amide bonds. The zero-order valence-corrected chi connectivity index (χ0v) is 12.8. The van der Waals surface area contributed by atoms with Crippen LogP contribution in [0.1, 0.15) is 33.3 Å². The van der Waals surface area contributed by atoms with E-state index in [-0.39, 0.29) is 23.4 Å². The van der Waals surface area contributed by atoms with Crippen molar-refractivity contribution in [2.45, 2.75) is 34.1 Å². The van der Waals surface area contributed by atoms with E-state index in [0.717, 1.165) is 0 Å². The maximum atomic E-state index is 11.4. The third-order valence-corrected chi connectivity index (χ3v) is 4.12. The van der Waals surface area contributed by atoms with E-state index in [0.29, 0.717) is 29.4 Å². The van der Waals surface area contributed by atoms with Crippen molar-refractivity contribution < 1.29 is 9.72 Å². The molecule has 1 aromatic carbocycles. The molecule has 0 aliphatic carbocycles. The van der Waals surface area contributed by atoms with Crippen molar-refractivity contribution in [2.24, 2.45) is 11.3 Å². The minimum absolute atomic E-state index is 0.0198. The Morgan fingerprint density at radius 3 is 2.67 bits per heavy atom. The predicted molar refractivity (Wildman–Crippen MR) is 82.5 cm³/mol. The van der Waals surface area contributed by atoms with Gasteiger partial charge in [0.05, 0.1) is 11.3 Å². The van der Waals surface area contributed by atoms with Gasteiger partial charge in [-0.1, -0.05) is 27.7 Å². The molecule has 1 aliphatic heterocycles. The smallest absolute Gasteiger partial charge is 0.292 e. The lowest BCUT2D eigenvalue weighted by atomic mass is 9.82. The first kappa shape index (κ1) is 15.3. The molecule has 0 saturated carbocycles. The Hall–Kier alpha value is -2.11. The van der Waals surface area contributed by atoms with Gasteiger partial charge >= 0.3 is 0 Å². The minimum Gasteiger partial charge on any atom is -0.379 e. The average Bonchev–Trinajstić information content (AvgIpc) is 2.72. The molecule has 2 rings (SSSR count). The summed E-state index contributed by atoms with van der Waals surface area (Å²) < 4.78 is 0. The Bertz CT molecular complexity index is 591. The highest BCUT2D eigenvalue weighted by Gasteiger charge is 2.26. The average molecular weight is 291 g/mol. The van der Waals surface area contributed by atoms with Crippen molar-refractivity contribution in [3.63, 3.8) is 0 Å². The van der Waals surface area contributed by atoms with Crippen LogP contribution in [0.2, 0.25) is 0 Å². The number of hydrogen-bond acceptors (Lipinski definition) is 4. The van der Waals surface area contributed by atoms with E-state index in [9.17, 15) is 14.9 Å². The van der Waals surface area contributed by atoms with E-state index in [4.69, 9.17) is 0 Å². The van der Waals surface area contributed by atoms with Gasteiger partial charge in [-0.3, -0.25) is 14.9 Å². The highest BCUT2D eigenvalue weighted by atomic mass is 16.6. The Balaban J connectivity index is 2.25. The van der Waals surface area contributed by atoms with Gasteiger partial charge in [-0.05, 0) is 23.0 Å². The molecule has 0 radical (unpaired) electrons. The van der Waals surface area contributed by atoms with Gasteiger partial charge in [0, 0.05) is 18.3 Å². The molecule has 0 spiro atoms. The molecule has 1 unspecified atom stereocenters. The summed E-state index contributed by atoms with van der Waals surface area (Å²) >= 11 is 0. The second-order valence-electron chi connectivity index (χ2n) is 6.66. The molecule has 2 N–H and O–H groups in total. The molecule has 21 heavy (non-hydrogen) atoms. The van der Waals surface area contributed by atoms with Crippen LogP contribution < -0.4 is 10.6 Å². The second kappa shape index (κ2) is 5.35. The van der Waals surface area contributed by atoms with Crippen LogP contribution in [0.25, 0.3) is 0 Å². The molecular formula is C15H21N3O3. The Labute approximate surface area is 124 Å². The van der Waals surface area contributed by atoms with Gasteiger partial charge in [0.15, 0.2) is 0 Å². The number of hydrogen-bond donors (Lipinski definition) is 2. The number of anilines is 2. The van der Waals surface area contributed by atoms with Crippen LogP contribution in [0, 0.1) is 21.4 Å². The molecule has 1 aromatic rings. The molecule has 1 heterocycles. The zero-order chi connectivity index (χ0) is 15.8. The lowest BCUT2D eigenvalue weighted by molar-refractivity contribution is -0.384. The van der Waals surface area contributed by atoms with Crippen molar-refractivity contribution in [3.05, 3.63) is 27.8 Å². The SMILES string of the molecule is CC(CNc1cc2c(cc1[N+](=O)[O-])CC(=O)N2)C(C)(C)C. The number of nitrogens with zero attached hydrogens (tertiary/aromatic N) is 1. The highest BCUT2D eigenvalue weighted by molar-refractivity contribution is 6.00. The fourth-order valence-corrected chi connectivity index (χ4v) is 2.12. The van der Waals surface area contributed by atoms with Gasteiger partial charge in [0.1, 0.15) is 5.69 Å². The summed E-state index contributed by atoms with van der Waals surface area (Å²) in [4.78, 5) is 22.2. The van der Waals surface area contributed by atoms with Crippen LogP contribution in [-0.4, -0.2) is 17.4 Å². The summed E-state index contributed by atoms with van der Waals surface area (Å²) in [6.07, 6.45) is 0.203. The normalized spacial score (nSPS) is 15.3. The van der Waals surface area contributed by atoms with Crippen molar-refractivity contribution in [1.29, 1.82) is 0 Å². The molecular weight excluding hydrogens is 270 g/mol. The van der Waals surface area contributed by atoms with Gasteiger partial charge < -0.3 is 10.6 Å². The van der Waals surface area contributed by atoms with Gasteiger partial charge in [0.2, 0.25) is 5.91 Å². The third-order valence-electron chi connectivity index (χ3n) is 4.12. The molecule has 0 bridgehead atoms. The standard InChI is InChI=1S/C15H21N3O3/c1-9(15(2,3)4)8-16-12-7-11-10(6-14(19)17-11)5-13(12)18(20)21/h5,7,9,16H,6,8H2,1-4H3,(H,17,19). The van der Waals surface area contributed by atoms with E-state index < -0.39 is 4.92 Å². The van der Waals surface area contributed by atoms with Gasteiger partial charge in [-0.2, -0.15) is 0 Å². The van der Waals surface area contributed by atoms with Crippen LogP contribution in [-0.2, 0) is 11.2 Å². The molecule has 1 atom stereocenters. The van der Waals surface area contributed by atoms with Gasteiger partial charge in [-0.15, -0.1) is 0 Å². The summed E-state index contributed by atoms with van der Waals surface area (Å²) in [5.41, 5.74) is 1.94. The number of benzene rings is 1. The summed E-state index contributed by atoms with van der Waals surface area (Å²) in [5, 5.41) is 17.1. The van der Waals surface area contributed by atoms with Crippen molar-refractivity contribution in [1.82, 2.24) is 0 Å². The van der Waals surface area contributed by atoms with E-state index in [2.05, 4.69) is 38.3 Å². The summed E-state index contributed by atoms with van der Waals surface area (Å²) in [5.74, 6) is 0.222. The Morgan fingerprint density at radius 2 is 2.10 bits per heavy atom. The van der Waals surface area contributed by atoms with Crippen molar-refractivity contribution >= 4 is 23.0 Å². The van der Waals surface area contributed by atoms with Gasteiger partial charge in [-0.25, -0.2) is 0 Å². The van der Waals surface area contributed by atoms with Crippen LogP contribution in [0.3, 0.4) is 0 Å². The maximum absolute atomic E-state index is 11.4. The number of rotatable bonds is 4. The first-order valence-electron chi connectivity index (χ1n) is 7.03. The first-order valence-corrected chi connectivity index (χ1v) is 7.03. The van der Waals surface area contributed by atoms with Crippen LogP contribution >= 0.6 is 0 Å². The fraction of sp³-hybridized carbons (Fsp3) is 0.533. The monoisotopic (exact) mass is 291 g/mol. The van der Waals surface area contributed by atoms with Gasteiger partial charge in [0.25, 0.3) is 5.69 Å². The van der Waals surface area contributed by atoms with Crippen LogP contribution in [0.15, 0.2) is 12.1 Å². The van der Waals surface area contributed by atoms with Crippen molar-refractivity contribution in [3.8, 4) is 0 Å². The third kappa shape index (κ3) is 3.32. The molecule has 1 aliphatic rings.